The van der Waals surface area contributed by atoms with Crippen LogP contribution in [0.3, 0.4) is 0 Å². The van der Waals surface area contributed by atoms with Gasteiger partial charge >= 0.3 is 5.97 Å². The van der Waals surface area contributed by atoms with Gasteiger partial charge in [0.1, 0.15) is 12.3 Å². The van der Waals surface area contributed by atoms with Gasteiger partial charge in [0.2, 0.25) is 10.0 Å². The molecule has 0 fully saturated rings. The standard InChI is InChI=1S/C18H18ClN3O5S/c1-13(23)27-15-9-7-14(8-10-15)11-20-21-18(24)12-22(28(2,25)26)17-6-4-3-5-16(17)19/h3-11H,12H2,1-2H3,(H,21,24)/b20-11-. The van der Waals surface area contributed by atoms with Gasteiger partial charge in [-0.25, -0.2) is 13.8 Å². The van der Waals surface area contributed by atoms with Gasteiger partial charge in [-0.3, -0.25) is 13.9 Å². The van der Waals surface area contributed by atoms with E-state index in [9.17, 15) is 18.0 Å². The summed E-state index contributed by atoms with van der Waals surface area (Å²) in [5.74, 6) is -0.682. The lowest BCUT2D eigenvalue weighted by atomic mass is 10.2. The zero-order valence-corrected chi connectivity index (χ0v) is 16.7. The third-order valence-electron chi connectivity index (χ3n) is 3.35. The van der Waals surface area contributed by atoms with Gasteiger partial charge in [-0.05, 0) is 42.0 Å². The fourth-order valence-corrected chi connectivity index (χ4v) is 3.32. The number of amides is 1. The van der Waals surface area contributed by atoms with Crippen LogP contribution in [-0.2, 0) is 19.6 Å². The number of carbonyl (C=O) groups excluding carboxylic acids is 2. The first-order valence-electron chi connectivity index (χ1n) is 7.99. The van der Waals surface area contributed by atoms with Crippen molar-refractivity contribution in [1.29, 1.82) is 0 Å². The summed E-state index contributed by atoms with van der Waals surface area (Å²) >= 11 is 6.04. The molecule has 0 atom stereocenters. The molecule has 8 nitrogen and oxygen atoms in total. The first kappa shape index (κ1) is 21.4. The van der Waals surface area contributed by atoms with Crippen molar-refractivity contribution in [2.75, 3.05) is 17.1 Å². The van der Waals surface area contributed by atoms with Crippen molar-refractivity contribution in [3.8, 4) is 5.75 Å². The molecule has 0 unspecified atom stereocenters. The zero-order valence-electron chi connectivity index (χ0n) is 15.1. The highest BCUT2D eigenvalue weighted by molar-refractivity contribution is 7.92. The average molecular weight is 424 g/mol. The number of esters is 1. The van der Waals surface area contributed by atoms with Crippen molar-refractivity contribution in [3.05, 3.63) is 59.1 Å². The second kappa shape index (κ2) is 9.34. The van der Waals surface area contributed by atoms with Crippen LogP contribution >= 0.6 is 11.6 Å². The van der Waals surface area contributed by atoms with E-state index in [1.807, 2.05) is 0 Å². The number of nitrogens with zero attached hydrogens (tertiary/aromatic N) is 2. The van der Waals surface area contributed by atoms with E-state index in [2.05, 4.69) is 10.5 Å². The Labute approximate surface area is 167 Å². The molecule has 0 radical (unpaired) electrons. The number of hydrogen-bond acceptors (Lipinski definition) is 6. The molecule has 148 valence electrons. The number of halogens is 1. The molecular weight excluding hydrogens is 406 g/mol. The van der Waals surface area contributed by atoms with E-state index >= 15 is 0 Å². The Morgan fingerprint density at radius 3 is 2.39 bits per heavy atom. The minimum absolute atomic E-state index is 0.201. The normalized spacial score (nSPS) is 11.2. The number of sulfonamides is 1. The van der Waals surface area contributed by atoms with Gasteiger partial charge in [0, 0.05) is 6.92 Å². The number of anilines is 1. The molecule has 0 heterocycles. The number of nitrogens with one attached hydrogen (secondary N) is 1. The van der Waals surface area contributed by atoms with E-state index in [-0.39, 0.29) is 10.7 Å². The van der Waals surface area contributed by atoms with Crippen LogP contribution in [0.1, 0.15) is 12.5 Å². The quantitative estimate of drug-likeness (QED) is 0.318. The highest BCUT2D eigenvalue weighted by atomic mass is 35.5. The molecule has 1 N–H and O–H groups in total. The number of rotatable bonds is 7. The molecule has 10 heteroatoms. The lowest BCUT2D eigenvalue weighted by molar-refractivity contribution is -0.131. The number of hydrazone groups is 1. The number of ether oxygens (including phenoxy) is 1. The maximum absolute atomic E-state index is 12.1. The largest absolute Gasteiger partial charge is 0.427 e. The minimum Gasteiger partial charge on any atom is -0.427 e. The highest BCUT2D eigenvalue weighted by Gasteiger charge is 2.22. The van der Waals surface area contributed by atoms with Crippen LogP contribution in [-0.4, -0.2) is 39.3 Å². The topological polar surface area (TPSA) is 105 Å². The first-order valence-corrected chi connectivity index (χ1v) is 10.2. The average Bonchev–Trinajstić information content (AvgIpc) is 2.60. The second-order valence-corrected chi connectivity index (χ2v) is 7.99. The van der Waals surface area contributed by atoms with E-state index in [1.165, 1.54) is 25.3 Å². The molecule has 0 saturated carbocycles. The summed E-state index contributed by atoms with van der Waals surface area (Å²) in [6.45, 7) is 0.818. The van der Waals surface area contributed by atoms with E-state index in [0.717, 1.165) is 10.6 Å². The fraction of sp³-hybridized carbons (Fsp3) is 0.167. The molecule has 0 saturated heterocycles. The van der Waals surface area contributed by atoms with Gasteiger partial charge in [-0.15, -0.1) is 0 Å². The smallest absolute Gasteiger partial charge is 0.308 e. The molecule has 28 heavy (non-hydrogen) atoms. The summed E-state index contributed by atoms with van der Waals surface area (Å²) in [5, 5.41) is 4.00. The number of para-hydroxylation sites is 1. The van der Waals surface area contributed by atoms with Gasteiger partial charge < -0.3 is 4.74 Å². The number of benzene rings is 2. The van der Waals surface area contributed by atoms with Gasteiger partial charge in [0.25, 0.3) is 5.91 Å². The van der Waals surface area contributed by atoms with E-state index in [0.29, 0.717) is 11.3 Å². The Balaban J connectivity index is 2.02. The van der Waals surface area contributed by atoms with Crippen molar-refractivity contribution in [3.63, 3.8) is 0 Å². The lowest BCUT2D eigenvalue weighted by Crippen LogP contribution is -2.39. The van der Waals surface area contributed by atoms with Crippen LogP contribution in [0.2, 0.25) is 5.02 Å². The summed E-state index contributed by atoms with van der Waals surface area (Å²) in [6.07, 6.45) is 2.35. The molecule has 2 aromatic carbocycles. The zero-order chi connectivity index (χ0) is 20.7. The Kier molecular flexibility index (Phi) is 7.13. The molecule has 0 aliphatic heterocycles. The van der Waals surface area contributed by atoms with E-state index in [4.69, 9.17) is 16.3 Å². The van der Waals surface area contributed by atoms with Crippen LogP contribution < -0.4 is 14.5 Å². The van der Waals surface area contributed by atoms with Crippen LogP contribution in [0.15, 0.2) is 53.6 Å². The molecule has 2 aromatic rings. The molecule has 1 amide bonds. The molecule has 0 aromatic heterocycles. The van der Waals surface area contributed by atoms with Gasteiger partial charge in [-0.2, -0.15) is 5.10 Å². The van der Waals surface area contributed by atoms with Crippen molar-refractivity contribution in [2.45, 2.75) is 6.92 Å². The Bertz CT molecular complexity index is 991. The highest BCUT2D eigenvalue weighted by Crippen LogP contribution is 2.26. The van der Waals surface area contributed by atoms with Crippen LogP contribution in [0, 0.1) is 0 Å². The fourth-order valence-electron chi connectivity index (χ4n) is 2.17. The SMILES string of the molecule is CC(=O)Oc1ccc(/C=N\NC(=O)CN(c2ccccc2Cl)S(C)(=O)=O)cc1. The van der Waals surface area contributed by atoms with Crippen molar-refractivity contribution < 1.29 is 22.7 Å². The molecule has 0 aliphatic carbocycles. The maximum Gasteiger partial charge on any atom is 0.308 e. The lowest BCUT2D eigenvalue weighted by Gasteiger charge is -2.22. The molecule has 0 spiro atoms. The third-order valence-corrected chi connectivity index (χ3v) is 4.80. The molecule has 0 aliphatic rings. The monoisotopic (exact) mass is 423 g/mol. The summed E-state index contributed by atoms with van der Waals surface area (Å²) < 4.78 is 29.9. The van der Waals surface area contributed by atoms with Crippen molar-refractivity contribution in [1.82, 2.24) is 5.43 Å². The predicted octanol–water partition coefficient (Wildman–Crippen LogP) is 2.18. The minimum atomic E-state index is -3.73. The Morgan fingerprint density at radius 1 is 1.18 bits per heavy atom. The summed E-state index contributed by atoms with van der Waals surface area (Å²) in [6, 6.07) is 12.7. The van der Waals surface area contributed by atoms with E-state index in [1.54, 1.807) is 36.4 Å². The predicted molar refractivity (Wildman–Crippen MR) is 107 cm³/mol. The molecule has 2 rings (SSSR count). The van der Waals surface area contributed by atoms with Crippen LogP contribution in [0.5, 0.6) is 5.75 Å². The van der Waals surface area contributed by atoms with Crippen molar-refractivity contribution in [2.24, 2.45) is 5.10 Å². The first-order chi connectivity index (χ1) is 13.2. The second-order valence-electron chi connectivity index (χ2n) is 5.68. The number of hydrogen-bond donors (Lipinski definition) is 1. The molecular formula is C18H18ClN3O5S. The Hall–Kier alpha value is -2.91. The number of carbonyl (C=O) groups is 2. The van der Waals surface area contributed by atoms with Crippen molar-refractivity contribution >= 4 is 45.4 Å². The van der Waals surface area contributed by atoms with Gasteiger partial charge in [0.05, 0.1) is 23.2 Å². The van der Waals surface area contributed by atoms with Crippen LogP contribution in [0.25, 0.3) is 0 Å². The molecule has 0 bridgehead atoms. The summed E-state index contributed by atoms with van der Waals surface area (Å²) in [5.41, 5.74) is 3.11. The third kappa shape index (κ3) is 6.36. The van der Waals surface area contributed by atoms with Crippen LogP contribution in [0.4, 0.5) is 5.69 Å². The maximum atomic E-state index is 12.1. The summed E-state index contributed by atoms with van der Waals surface area (Å²) in [7, 11) is -3.73. The van der Waals surface area contributed by atoms with Gasteiger partial charge in [-0.1, -0.05) is 23.7 Å². The van der Waals surface area contributed by atoms with Gasteiger partial charge in [0.15, 0.2) is 0 Å². The Morgan fingerprint density at radius 2 is 1.82 bits per heavy atom. The summed E-state index contributed by atoms with van der Waals surface area (Å²) in [4.78, 5) is 23.0. The van der Waals surface area contributed by atoms with E-state index < -0.39 is 28.4 Å².